The van der Waals surface area contributed by atoms with Crippen molar-refractivity contribution in [1.29, 1.82) is 0 Å². The number of halogens is 1. The van der Waals surface area contributed by atoms with Crippen LogP contribution in [0, 0.1) is 0 Å². The largest absolute Gasteiger partial charge is 0.353 e. The van der Waals surface area contributed by atoms with Crippen LogP contribution in [0.25, 0.3) is 11.3 Å². The predicted molar refractivity (Wildman–Crippen MR) is 107 cm³/mol. The Balaban J connectivity index is 1.43. The summed E-state index contributed by atoms with van der Waals surface area (Å²) in [6.45, 7) is 2.80. The van der Waals surface area contributed by atoms with Gasteiger partial charge in [0, 0.05) is 48.4 Å². The van der Waals surface area contributed by atoms with Gasteiger partial charge in [0.25, 0.3) is 5.91 Å². The van der Waals surface area contributed by atoms with Crippen LogP contribution in [0.1, 0.15) is 10.4 Å². The number of hydrogen-bond acceptors (Lipinski definition) is 4. The van der Waals surface area contributed by atoms with Gasteiger partial charge in [0.15, 0.2) is 0 Å². The summed E-state index contributed by atoms with van der Waals surface area (Å²) < 4.78 is 0. The first-order valence-corrected chi connectivity index (χ1v) is 9.26. The minimum absolute atomic E-state index is 0.0407. The summed E-state index contributed by atoms with van der Waals surface area (Å²) in [7, 11) is 0. The third-order valence-electron chi connectivity index (χ3n) is 4.70. The Labute approximate surface area is 163 Å². The molecule has 0 aliphatic carbocycles. The first kappa shape index (κ1) is 17.5. The maximum absolute atomic E-state index is 12.6. The van der Waals surface area contributed by atoms with Crippen molar-refractivity contribution in [2.45, 2.75) is 0 Å². The maximum atomic E-state index is 12.6. The fourth-order valence-corrected chi connectivity index (χ4v) is 3.33. The molecule has 6 heteroatoms. The predicted octanol–water partition coefficient (Wildman–Crippen LogP) is 3.76. The third kappa shape index (κ3) is 3.93. The van der Waals surface area contributed by atoms with Crippen molar-refractivity contribution in [3.63, 3.8) is 0 Å². The molecule has 0 N–H and O–H groups in total. The SMILES string of the molecule is O=C(c1ccc(Cl)cc1)N1CCN(c2cc(-c3ccccc3)ncn2)CC1. The van der Waals surface area contributed by atoms with E-state index in [1.165, 1.54) is 0 Å². The van der Waals surface area contributed by atoms with Gasteiger partial charge in [-0.15, -0.1) is 0 Å². The smallest absolute Gasteiger partial charge is 0.253 e. The molecule has 2 heterocycles. The Kier molecular flexibility index (Phi) is 5.03. The summed E-state index contributed by atoms with van der Waals surface area (Å²) in [5.74, 6) is 0.932. The fraction of sp³-hybridized carbons (Fsp3) is 0.190. The number of benzene rings is 2. The lowest BCUT2D eigenvalue weighted by atomic mass is 10.1. The molecular weight excluding hydrogens is 360 g/mol. The van der Waals surface area contributed by atoms with Crippen molar-refractivity contribution >= 4 is 23.3 Å². The van der Waals surface area contributed by atoms with Gasteiger partial charge < -0.3 is 9.80 Å². The van der Waals surface area contributed by atoms with E-state index in [0.29, 0.717) is 23.7 Å². The molecule has 27 heavy (non-hydrogen) atoms. The highest BCUT2D eigenvalue weighted by atomic mass is 35.5. The lowest BCUT2D eigenvalue weighted by molar-refractivity contribution is 0.0746. The zero-order chi connectivity index (χ0) is 18.6. The molecule has 1 aliphatic heterocycles. The minimum Gasteiger partial charge on any atom is -0.353 e. The van der Waals surface area contributed by atoms with Crippen LogP contribution in [0.3, 0.4) is 0 Å². The van der Waals surface area contributed by atoms with Crippen molar-refractivity contribution in [3.05, 3.63) is 77.6 Å². The number of rotatable bonds is 3. The molecule has 1 amide bonds. The molecule has 1 aliphatic rings. The van der Waals surface area contributed by atoms with Crippen LogP contribution < -0.4 is 4.90 Å². The monoisotopic (exact) mass is 378 g/mol. The molecule has 5 nitrogen and oxygen atoms in total. The molecule has 1 fully saturated rings. The van der Waals surface area contributed by atoms with Gasteiger partial charge in [0.1, 0.15) is 12.1 Å². The number of hydrogen-bond donors (Lipinski definition) is 0. The van der Waals surface area contributed by atoms with Crippen LogP contribution in [0.15, 0.2) is 67.0 Å². The molecule has 0 saturated carbocycles. The zero-order valence-corrected chi connectivity index (χ0v) is 15.5. The lowest BCUT2D eigenvalue weighted by Gasteiger charge is -2.35. The van der Waals surface area contributed by atoms with Gasteiger partial charge in [-0.05, 0) is 24.3 Å². The van der Waals surface area contributed by atoms with Crippen molar-refractivity contribution < 1.29 is 4.79 Å². The van der Waals surface area contributed by atoms with Crippen LogP contribution >= 0.6 is 11.6 Å². The van der Waals surface area contributed by atoms with E-state index in [4.69, 9.17) is 11.6 Å². The Morgan fingerprint density at radius 1 is 0.889 bits per heavy atom. The second-order valence-corrected chi connectivity index (χ2v) is 6.85. The fourth-order valence-electron chi connectivity index (χ4n) is 3.20. The average molecular weight is 379 g/mol. The Morgan fingerprint density at radius 2 is 1.59 bits per heavy atom. The average Bonchev–Trinajstić information content (AvgIpc) is 2.75. The second kappa shape index (κ2) is 7.76. The molecule has 3 aromatic rings. The molecule has 1 saturated heterocycles. The van der Waals surface area contributed by atoms with Crippen molar-refractivity contribution in [1.82, 2.24) is 14.9 Å². The van der Waals surface area contributed by atoms with Crippen molar-refractivity contribution in [2.24, 2.45) is 0 Å². The maximum Gasteiger partial charge on any atom is 0.253 e. The number of aromatic nitrogens is 2. The highest BCUT2D eigenvalue weighted by Gasteiger charge is 2.23. The van der Waals surface area contributed by atoms with E-state index in [2.05, 4.69) is 14.9 Å². The number of nitrogens with zero attached hydrogens (tertiary/aromatic N) is 4. The topological polar surface area (TPSA) is 49.3 Å². The molecule has 136 valence electrons. The molecule has 2 aromatic carbocycles. The minimum atomic E-state index is 0.0407. The van der Waals surface area contributed by atoms with Crippen LogP contribution in [0.5, 0.6) is 0 Å². The number of piperazine rings is 1. The molecule has 0 radical (unpaired) electrons. The third-order valence-corrected chi connectivity index (χ3v) is 4.96. The highest BCUT2D eigenvalue weighted by molar-refractivity contribution is 6.30. The van der Waals surface area contributed by atoms with Crippen molar-refractivity contribution in [2.75, 3.05) is 31.1 Å². The summed E-state index contributed by atoms with van der Waals surface area (Å²) in [4.78, 5) is 25.5. The van der Waals surface area contributed by atoms with Crippen LogP contribution in [-0.2, 0) is 0 Å². The highest BCUT2D eigenvalue weighted by Crippen LogP contribution is 2.22. The summed E-state index contributed by atoms with van der Waals surface area (Å²) in [5.41, 5.74) is 2.64. The lowest BCUT2D eigenvalue weighted by Crippen LogP contribution is -2.49. The number of amides is 1. The first-order chi connectivity index (χ1) is 13.2. The molecule has 0 bridgehead atoms. The van der Waals surface area contributed by atoms with E-state index in [1.54, 1.807) is 30.6 Å². The Bertz CT molecular complexity index is 922. The van der Waals surface area contributed by atoms with E-state index in [-0.39, 0.29) is 5.91 Å². The van der Waals surface area contributed by atoms with Gasteiger partial charge in [-0.1, -0.05) is 41.9 Å². The molecular formula is C21H19ClN4O. The molecule has 0 spiro atoms. The second-order valence-electron chi connectivity index (χ2n) is 6.41. The van der Waals surface area contributed by atoms with E-state index in [0.717, 1.165) is 30.2 Å². The van der Waals surface area contributed by atoms with E-state index in [9.17, 15) is 4.79 Å². The standard InChI is InChI=1S/C21H19ClN4O/c22-18-8-6-17(7-9-18)21(27)26-12-10-25(11-13-26)20-14-19(23-15-24-20)16-4-2-1-3-5-16/h1-9,14-15H,10-13H2. The van der Waals surface area contributed by atoms with E-state index >= 15 is 0 Å². The Hall–Kier alpha value is -2.92. The zero-order valence-electron chi connectivity index (χ0n) is 14.8. The quantitative estimate of drug-likeness (QED) is 0.696. The normalized spacial score (nSPS) is 14.3. The van der Waals surface area contributed by atoms with Gasteiger partial charge in [0.05, 0.1) is 5.69 Å². The summed E-state index contributed by atoms with van der Waals surface area (Å²) in [6, 6.07) is 19.1. The summed E-state index contributed by atoms with van der Waals surface area (Å²) in [5, 5.41) is 0.634. The molecule has 0 unspecified atom stereocenters. The van der Waals surface area contributed by atoms with Gasteiger partial charge >= 0.3 is 0 Å². The van der Waals surface area contributed by atoms with Gasteiger partial charge in [0.2, 0.25) is 0 Å². The number of anilines is 1. The van der Waals surface area contributed by atoms with E-state index in [1.807, 2.05) is 41.3 Å². The van der Waals surface area contributed by atoms with Gasteiger partial charge in [-0.3, -0.25) is 4.79 Å². The molecule has 0 atom stereocenters. The molecule has 4 rings (SSSR count). The van der Waals surface area contributed by atoms with Crippen LogP contribution in [0.2, 0.25) is 5.02 Å². The van der Waals surface area contributed by atoms with Gasteiger partial charge in [-0.25, -0.2) is 9.97 Å². The summed E-state index contributed by atoms with van der Waals surface area (Å²) in [6.07, 6.45) is 1.60. The van der Waals surface area contributed by atoms with Gasteiger partial charge in [-0.2, -0.15) is 0 Å². The first-order valence-electron chi connectivity index (χ1n) is 8.88. The number of carbonyl (C=O) groups excluding carboxylic acids is 1. The number of carbonyl (C=O) groups is 1. The molecule has 1 aromatic heterocycles. The van der Waals surface area contributed by atoms with E-state index < -0.39 is 0 Å². The van der Waals surface area contributed by atoms with Crippen LogP contribution in [0.4, 0.5) is 5.82 Å². The summed E-state index contributed by atoms with van der Waals surface area (Å²) >= 11 is 5.90. The van der Waals surface area contributed by atoms with Crippen molar-refractivity contribution in [3.8, 4) is 11.3 Å². The van der Waals surface area contributed by atoms with Crippen LogP contribution in [-0.4, -0.2) is 47.0 Å². The Morgan fingerprint density at radius 3 is 2.30 bits per heavy atom.